The number of rotatable bonds is 2. The fourth-order valence-electron chi connectivity index (χ4n) is 2.28. The van der Waals surface area contributed by atoms with Crippen molar-refractivity contribution in [2.45, 2.75) is 25.4 Å². The smallest absolute Gasteiger partial charge is 0.150 e. The monoisotopic (exact) mass is 253 g/mol. The van der Waals surface area contributed by atoms with Crippen molar-refractivity contribution >= 4 is 23.6 Å². The second-order valence-electron chi connectivity index (χ2n) is 4.85. The van der Waals surface area contributed by atoms with Gasteiger partial charge in [-0.3, -0.25) is 4.79 Å². The number of hydrogen-bond acceptors (Lipinski definition) is 3. The van der Waals surface area contributed by atoms with E-state index < -0.39 is 5.60 Å². The Hall–Kier alpha value is -1.06. The first kappa shape index (κ1) is 12.4. The Balaban J connectivity index is 2.25. The van der Waals surface area contributed by atoms with Crippen molar-refractivity contribution in [2.75, 3.05) is 18.0 Å². The fourth-order valence-corrected chi connectivity index (χ4v) is 2.59. The summed E-state index contributed by atoms with van der Waals surface area (Å²) in [5, 5.41) is 10.6. The molecule has 1 aromatic carbocycles. The zero-order chi connectivity index (χ0) is 12.5. The van der Waals surface area contributed by atoms with Crippen LogP contribution in [0, 0.1) is 0 Å². The molecule has 1 unspecified atom stereocenters. The van der Waals surface area contributed by atoms with Gasteiger partial charge in [-0.05, 0) is 38.0 Å². The van der Waals surface area contributed by atoms with Gasteiger partial charge in [-0.2, -0.15) is 0 Å². The van der Waals surface area contributed by atoms with Crippen molar-refractivity contribution < 1.29 is 9.90 Å². The van der Waals surface area contributed by atoms with E-state index in [4.69, 9.17) is 11.6 Å². The van der Waals surface area contributed by atoms with Crippen molar-refractivity contribution in [1.82, 2.24) is 0 Å². The van der Waals surface area contributed by atoms with Crippen molar-refractivity contribution in [3.8, 4) is 0 Å². The van der Waals surface area contributed by atoms with E-state index in [1.54, 1.807) is 12.1 Å². The molecule has 17 heavy (non-hydrogen) atoms. The lowest BCUT2D eigenvalue weighted by atomic mass is 9.94. The third-order valence-electron chi connectivity index (χ3n) is 3.12. The maximum absolute atomic E-state index is 10.6. The predicted octanol–water partition coefficient (Wildman–Crippen LogP) is 2.50. The summed E-state index contributed by atoms with van der Waals surface area (Å²) >= 11 is 6.15. The molecule has 0 bridgehead atoms. The van der Waals surface area contributed by atoms with Crippen LogP contribution in [0.1, 0.15) is 30.1 Å². The van der Waals surface area contributed by atoms with E-state index >= 15 is 0 Å². The van der Waals surface area contributed by atoms with Crippen molar-refractivity contribution in [1.29, 1.82) is 0 Å². The van der Waals surface area contributed by atoms with Gasteiger partial charge in [0.1, 0.15) is 6.29 Å². The number of carbonyl (C=O) groups excluding carboxylic acids is 1. The molecule has 92 valence electrons. The predicted molar refractivity (Wildman–Crippen MR) is 68.9 cm³/mol. The number of hydrogen-bond donors (Lipinski definition) is 1. The van der Waals surface area contributed by atoms with Gasteiger partial charge in [-0.1, -0.05) is 11.6 Å². The van der Waals surface area contributed by atoms with Gasteiger partial charge in [0, 0.05) is 18.7 Å². The molecule has 1 aromatic rings. The summed E-state index contributed by atoms with van der Waals surface area (Å²) in [6.45, 7) is 3.30. The maximum Gasteiger partial charge on any atom is 0.150 e. The molecule has 1 N–H and O–H groups in total. The van der Waals surface area contributed by atoms with Gasteiger partial charge in [-0.25, -0.2) is 0 Å². The molecule has 1 atom stereocenters. The quantitative estimate of drug-likeness (QED) is 0.824. The zero-order valence-corrected chi connectivity index (χ0v) is 10.6. The summed E-state index contributed by atoms with van der Waals surface area (Å²) in [5.74, 6) is 0. The Morgan fingerprint density at radius 2 is 2.29 bits per heavy atom. The van der Waals surface area contributed by atoms with Crippen LogP contribution in [-0.4, -0.2) is 30.1 Å². The molecule has 1 saturated heterocycles. The van der Waals surface area contributed by atoms with Crippen LogP contribution in [0.15, 0.2) is 18.2 Å². The molecule has 0 amide bonds. The molecule has 4 heteroatoms. The maximum atomic E-state index is 10.6. The molecule has 2 rings (SSSR count). The second-order valence-corrected chi connectivity index (χ2v) is 5.26. The molecular formula is C13H16ClNO2. The molecule has 1 fully saturated rings. The topological polar surface area (TPSA) is 40.5 Å². The van der Waals surface area contributed by atoms with Gasteiger partial charge in [0.2, 0.25) is 0 Å². The largest absolute Gasteiger partial charge is 0.388 e. The summed E-state index contributed by atoms with van der Waals surface area (Å²) < 4.78 is 0. The van der Waals surface area contributed by atoms with E-state index in [1.165, 1.54) is 0 Å². The van der Waals surface area contributed by atoms with E-state index in [1.807, 2.05) is 13.0 Å². The Kier molecular flexibility index (Phi) is 3.40. The van der Waals surface area contributed by atoms with E-state index in [-0.39, 0.29) is 0 Å². The first-order valence-corrected chi connectivity index (χ1v) is 6.12. The number of piperidine rings is 1. The van der Waals surface area contributed by atoms with E-state index in [9.17, 15) is 9.90 Å². The molecule has 0 spiro atoms. The summed E-state index contributed by atoms with van der Waals surface area (Å²) in [6, 6.07) is 5.25. The van der Waals surface area contributed by atoms with E-state index in [0.29, 0.717) is 17.1 Å². The minimum atomic E-state index is -0.662. The molecular weight excluding hydrogens is 238 g/mol. The number of carbonyl (C=O) groups is 1. The second kappa shape index (κ2) is 4.67. The summed E-state index contributed by atoms with van der Waals surface area (Å²) in [6.07, 6.45) is 2.54. The summed E-state index contributed by atoms with van der Waals surface area (Å²) in [5.41, 5.74) is 0.796. The highest BCUT2D eigenvalue weighted by atomic mass is 35.5. The van der Waals surface area contributed by atoms with E-state index in [0.717, 1.165) is 31.4 Å². The van der Waals surface area contributed by atoms with Crippen LogP contribution < -0.4 is 4.90 Å². The number of β-amino-alcohol motifs (C(OH)–C–C–N with tert-alkyl or cyclic N) is 1. The molecule has 1 aliphatic rings. The minimum absolute atomic E-state index is 0.562. The molecule has 0 radical (unpaired) electrons. The number of halogens is 1. The van der Waals surface area contributed by atoms with Gasteiger partial charge in [-0.15, -0.1) is 0 Å². The van der Waals surface area contributed by atoms with Crippen LogP contribution in [0.25, 0.3) is 0 Å². The summed E-state index contributed by atoms with van der Waals surface area (Å²) in [7, 11) is 0. The highest BCUT2D eigenvalue weighted by Gasteiger charge is 2.29. The van der Waals surface area contributed by atoms with Crippen LogP contribution in [0.2, 0.25) is 5.02 Å². The van der Waals surface area contributed by atoms with Crippen LogP contribution in [0.5, 0.6) is 0 Å². The van der Waals surface area contributed by atoms with Gasteiger partial charge in [0.25, 0.3) is 0 Å². The number of benzene rings is 1. The third-order valence-corrected chi connectivity index (χ3v) is 3.43. The number of aliphatic hydroxyl groups is 1. The third kappa shape index (κ3) is 2.79. The minimum Gasteiger partial charge on any atom is -0.388 e. The van der Waals surface area contributed by atoms with E-state index in [2.05, 4.69) is 4.90 Å². The average Bonchev–Trinajstić information content (AvgIpc) is 2.27. The first-order valence-electron chi connectivity index (χ1n) is 5.74. The molecule has 1 heterocycles. The van der Waals surface area contributed by atoms with Gasteiger partial charge >= 0.3 is 0 Å². The molecule has 0 saturated carbocycles. The Bertz CT molecular complexity index is 431. The van der Waals surface area contributed by atoms with Crippen LogP contribution in [-0.2, 0) is 0 Å². The molecule has 3 nitrogen and oxygen atoms in total. The van der Waals surface area contributed by atoms with Crippen LogP contribution in [0.4, 0.5) is 5.69 Å². The Morgan fingerprint density at radius 1 is 1.53 bits per heavy atom. The lowest BCUT2D eigenvalue weighted by molar-refractivity contribution is 0.0449. The van der Waals surface area contributed by atoms with Crippen LogP contribution >= 0.6 is 11.6 Å². The highest BCUT2D eigenvalue weighted by Crippen LogP contribution is 2.31. The highest BCUT2D eigenvalue weighted by molar-refractivity contribution is 6.33. The van der Waals surface area contributed by atoms with Gasteiger partial charge in [0.05, 0.1) is 16.3 Å². The number of anilines is 1. The van der Waals surface area contributed by atoms with Gasteiger partial charge < -0.3 is 10.0 Å². The first-order chi connectivity index (χ1) is 8.02. The molecule has 0 aromatic heterocycles. The van der Waals surface area contributed by atoms with Crippen molar-refractivity contribution in [2.24, 2.45) is 0 Å². The van der Waals surface area contributed by atoms with Gasteiger partial charge in [0.15, 0.2) is 0 Å². The summed E-state index contributed by atoms with van der Waals surface area (Å²) in [4.78, 5) is 12.7. The Morgan fingerprint density at radius 3 is 2.88 bits per heavy atom. The Labute approximate surface area is 106 Å². The van der Waals surface area contributed by atoms with Crippen molar-refractivity contribution in [3.05, 3.63) is 28.8 Å². The SMILES string of the molecule is CC1(O)CCCN(c2ccc(C=O)cc2Cl)C1. The molecule has 1 aliphatic heterocycles. The number of aldehydes is 1. The van der Waals surface area contributed by atoms with Crippen molar-refractivity contribution in [3.63, 3.8) is 0 Å². The van der Waals surface area contributed by atoms with Crippen LogP contribution in [0.3, 0.4) is 0 Å². The molecule has 0 aliphatic carbocycles. The zero-order valence-electron chi connectivity index (χ0n) is 9.82. The lowest BCUT2D eigenvalue weighted by Gasteiger charge is -2.38. The number of nitrogens with zero attached hydrogens (tertiary/aromatic N) is 1. The normalized spacial score (nSPS) is 24.8. The average molecular weight is 254 g/mol. The fraction of sp³-hybridized carbons (Fsp3) is 0.462. The standard InChI is InChI=1S/C13H16ClNO2/c1-13(17)5-2-6-15(9-13)12-4-3-10(8-16)7-11(12)14/h3-4,7-8,17H,2,5-6,9H2,1H3. The lowest BCUT2D eigenvalue weighted by Crippen LogP contribution is -2.46.